The van der Waals surface area contributed by atoms with Crippen LogP contribution in [0.1, 0.15) is 18.4 Å². The van der Waals surface area contributed by atoms with E-state index in [0.717, 1.165) is 22.3 Å². The summed E-state index contributed by atoms with van der Waals surface area (Å²) in [7, 11) is 1.80. The highest BCUT2D eigenvalue weighted by atomic mass is 35.5. The van der Waals surface area contributed by atoms with E-state index in [4.69, 9.17) is 11.6 Å². The molecule has 2 aromatic carbocycles. The van der Waals surface area contributed by atoms with Crippen molar-refractivity contribution in [3.63, 3.8) is 0 Å². The Kier molecular flexibility index (Phi) is 5.69. The quantitative estimate of drug-likeness (QED) is 0.453. The maximum Gasteiger partial charge on any atom is 0.233 e. The van der Waals surface area contributed by atoms with E-state index in [-0.39, 0.29) is 11.7 Å². The molecule has 144 valence electrons. The Labute approximate surface area is 173 Å². The average Bonchev–Trinajstić information content (AvgIpc) is 3.50. The first-order valence-electron chi connectivity index (χ1n) is 9.23. The summed E-state index contributed by atoms with van der Waals surface area (Å²) in [5.41, 5.74) is 1.90. The van der Waals surface area contributed by atoms with Gasteiger partial charge in [-0.3, -0.25) is 4.79 Å². The minimum Gasteiger partial charge on any atom is -0.367 e. The number of hydrogen-bond acceptors (Lipinski definition) is 5. The number of halogens is 1. The van der Waals surface area contributed by atoms with Gasteiger partial charge in [-0.2, -0.15) is 0 Å². The van der Waals surface area contributed by atoms with Gasteiger partial charge in [0.15, 0.2) is 5.16 Å². The molecular weight excluding hydrogens is 392 g/mol. The minimum absolute atomic E-state index is 0.0263. The van der Waals surface area contributed by atoms with E-state index < -0.39 is 0 Å². The van der Waals surface area contributed by atoms with E-state index in [1.165, 1.54) is 24.6 Å². The Bertz CT molecular complexity index is 1010. The number of benzene rings is 2. The van der Waals surface area contributed by atoms with Gasteiger partial charge in [-0.25, -0.2) is 9.97 Å². The zero-order chi connectivity index (χ0) is 19.5. The highest BCUT2D eigenvalue weighted by Crippen LogP contribution is 2.29. The van der Waals surface area contributed by atoms with Gasteiger partial charge in [0, 0.05) is 30.0 Å². The summed E-state index contributed by atoms with van der Waals surface area (Å²) in [6.07, 6.45) is 2.35. The second-order valence-electron chi connectivity index (χ2n) is 6.96. The van der Waals surface area contributed by atoms with Crippen LogP contribution in [0.5, 0.6) is 0 Å². The highest BCUT2D eigenvalue weighted by Gasteiger charge is 2.23. The maximum atomic E-state index is 12.5. The van der Waals surface area contributed by atoms with Gasteiger partial charge < -0.3 is 10.2 Å². The molecule has 1 aliphatic rings. The molecule has 0 radical (unpaired) electrons. The van der Waals surface area contributed by atoms with Gasteiger partial charge in [0.05, 0.1) is 11.3 Å². The molecule has 0 atom stereocenters. The van der Waals surface area contributed by atoms with Crippen LogP contribution in [-0.2, 0) is 11.3 Å². The first kappa shape index (κ1) is 19.0. The Morgan fingerprint density at radius 1 is 1.21 bits per heavy atom. The van der Waals surface area contributed by atoms with Crippen LogP contribution in [-0.4, -0.2) is 39.6 Å². The summed E-state index contributed by atoms with van der Waals surface area (Å²) in [5.74, 6) is 1.17. The molecule has 1 fully saturated rings. The van der Waals surface area contributed by atoms with Crippen molar-refractivity contribution in [3.8, 4) is 0 Å². The van der Waals surface area contributed by atoms with Gasteiger partial charge in [0.25, 0.3) is 0 Å². The number of nitrogens with zero attached hydrogens (tertiary/aromatic N) is 3. The number of rotatable bonds is 7. The van der Waals surface area contributed by atoms with Crippen LogP contribution < -0.4 is 5.32 Å². The number of hydrogen-bond donors (Lipinski definition) is 1. The van der Waals surface area contributed by atoms with Crippen molar-refractivity contribution in [1.82, 2.24) is 14.9 Å². The largest absolute Gasteiger partial charge is 0.367 e. The number of para-hydroxylation sites is 1. The summed E-state index contributed by atoms with van der Waals surface area (Å²) in [6.45, 7) is 0.521. The number of carbonyl (C=O) groups excluding carboxylic acids is 1. The third-order valence-electron chi connectivity index (χ3n) is 4.56. The summed E-state index contributed by atoms with van der Waals surface area (Å²) < 4.78 is 0. The van der Waals surface area contributed by atoms with Gasteiger partial charge in [0.2, 0.25) is 5.91 Å². The fourth-order valence-corrected chi connectivity index (χ4v) is 3.89. The molecule has 7 heteroatoms. The number of nitrogens with one attached hydrogen (secondary N) is 1. The fourth-order valence-electron chi connectivity index (χ4n) is 2.88. The smallest absolute Gasteiger partial charge is 0.233 e. The van der Waals surface area contributed by atoms with Gasteiger partial charge in [-0.15, -0.1) is 0 Å². The third-order valence-corrected chi connectivity index (χ3v) is 5.63. The molecule has 5 nitrogen and oxygen atoms in total. The molecule has 1 aromatic heterocycles. The number of fused-ring (bicyclic) bond motifs is 1. The Morgan fingerprint density at radius 2 is 2.04 bits per heavy atom. The molecular formula is C21H21ClN4OS. The SMILES string of the molecule is CN(Cc1cccc(Cl)c1)C(=O)CSc1nc(NC2CC2)c2ccccc2n1. The van der Waals surface area contributed by atoms with Crippen molar-refractivity contribution in [3.05, 3.63) is 59.1 Å². The lowest BCUT2D eigenvalue weighted by molar-refractivity contribution is -0.127. The molecule has 0 saturated heterocycles. The van der Waals surface area contributed by atoms with Crippen LogP contribution in [0, 0.1) is 0 Å². The summed E-state index contributed by atoms with van der Waals surface area (Å²) in [4.78, 5) is 23.5. The summed E-state index contributed by atoms with van der Waals surface area (Å²) in [6, 6.07) is 16.0. The maximum absolute atomic E-state index is 12.5. The van der Waals surface area contributed by atoms with Crippen LogP contribution in [0.3, 0.4) is 0 Å². The number of aromatic nitrogens is 2. The predicted molar refractivity (Wildman–Crippen MR) is 115 cm³/mol. The van der Waals surface area contributed by atoms with Crippen molar-refractivity contribution >= 4 is 46.0 Å². The number of thioether (sulfide) groups is 1. The van der Waals surface area contributed by atoms with Crippen LogP contribution in [0.25, 0.3) is 10.9 Å². The summed E-state index contributed by atoms with van der Waals surface area (Å²) in [5, 5.41) is 5.78. The Hall–Kier alpha value is -2.31. The molecule has 1 amide bonds. The highest BCUT2D eigenvalue weighted by molar-refractivity contribution is 7.99. The molecule has 0 unspecified atom stereocenters. The van der Waals surface area contributed by atoms with E-state index in [0.29, 0.717) is 22.8 Å². The lowest BCUT2D eigenvalue weighted by Crippen LogP contribution is -2.27. The van der Waals surface area contributed by atoms with Crippen molar-refractivity contribution in [1.29, 1.82) is 0 Å². The first-order chi connectivity index (χ1) is 13.6. The van der Waals surface area contributed by atoms with Crippen LogP contribution in [0.15, 0.2) is 53.7 Å². The normalized spacial score (nSPS) is 13.5. The zero-order valence-electron chi connectivity index (χ0n) is 15.6. The molecule has 3 aromatic rings. The average molecular weight is 413 g/mol. The molecule has 1 saturated carbocycles. The molecule has 28 heavy (non-hydrogen) atoms. The van der Waals surface area contributed by atoms with E-state index in [2.05, 4.69) is 15.3 Å². The lowest BCUT2D eigenvalue weighted by atomic mass is 10.2. The molecule has 1 N–H and O–H groups in total. The van der Waals surface area contributed by atoms with Crippen LogP contribution in [0.2, 0.25) is 5.02 Å². The zero-order valence-corrected chi connectivity index (χ0v) is 17.1. The fraction of sp³-hybridized carbons (Fsp3) is 0.286. The van der Waals surface area contributed by atoms with Gasteiger partial charge in [0.1, 0.15) is 5.82 Å². The predicted octanol–water partition coefficient (Wildman–Crippen LogP) is 4.61. The topological polar surface area (TPSA) is 58.1 Å². The van der Waals surface area contributed by atoms with Crippen molar-refractivity contribution < 1.29 is 4.79 Å². The monoisotopic (exact) mass is 412 g/mol. The second kappa shape index (κ2) is 8.37. The Balaban J connectivity index is 1.43. The van der Waals surface area contributed by atoms with E-state index in [9.17, 15) is 4.79 Å². The molecule has 4 rings (SSSR count). The van der Waals surface area contributed by atoms with E-state index in [1.54, 1.807) is 11.9 Å². The van der Waals surface area contributed by atoms with Crippen molar-refractivity contribution in [2.24, 2.45) is 0 Å². The first-order valence-corrected chi connectivity index (χ1v) is 10.6. The number of anilines is 1. The van der Waals surface area contributed by atoms with Crippen LogP contribution in [0.4, 0.5) is 5.82 Å². The van der Waals surface area contributed by atoms with Crippen molar-refractivity contribution in [2.45, 2.75) is 30.6 Å². The second-order valence-corrected chi connectivity index (χ2v) is 8.34. The molecule has 0 spiro atoms. The minimum atomic E-state index is 0.0263. The van der Waals surface area contributed by atoms with Gasteiger partial charge in [-0.05, 0) is 42.7 Å². The van der Waals surface area contributed by atoms with E-state index in [1.807, 2.05) is 48.5 Å². The molecule has 0 bridgehead atoms. The summed E-state index contributed by atoms with van der Waals surface area (Å²) >= 11 is 7.39. The van der Waals surface area contributed by atoms with Gasteiger partial charge >= 0.3 is 0 Å². The third kappa shape index (κ3) is 4.75. The van der Waals surface area contributed by atoms with Crippen molar-refractivity contribution in [2.75, 3.05) is 18.1 Å². The molecule has 1 aliphatic carbocycles. The van der Waals surface area contributed by atoms with E-state index >= 15 is 0 Å². The van der Waals surface area contributed by atoms with Gasteiger partial charge in [-0.1, -0.05) is 47.6 Å². The lowest BCUT2D eigenvalue weighted by Gasteiger charge is -2.17. The number of carbonyl (C=O) groups is 1. The number of amides is 1. The van der Waals surface area contributed by atoms with Crippen LogP contribution >= 0.6 is 23.4 Å². The molecule has 1 heterocycles. The molecule has 0 aliphatic heterocycles. The standard InChI is InChI=1S/C21H21ClN4OS/c1-26(12-14-5-4-6-15(22)11-14)19(27)13-28-21-24-18-8-3-2-7-17(18)20(25-21)23-16-9-10-16/h2-8,11,16H,9-10,12-13H2,1H3,(H,23,24,25). The Morgan fingerprint density at radius 3 is 2.82 bits per heavy atom.